The van der Waals surface area contributed by atoms with Gasteiger partial charge in [0.25, 0.3) is 5.91 Å². The number of piperidine rings is 1. The Bertz CT molecular complexity index is 883. The van der Waals surface area contributed by atoms with Gasteiger partial charge in [-0.3, -0.25) is 4.79 Å². The third-order valence-corrected chi connectivity index (χ3v) is 5.62. The molecular formula is C23H27NO5. The van der Waals surface area contributed by atoms with Crippen molar-refractivity contribution in [3.63, 3.8) is 0 Å². The summed E-state index contributed by atoms with van der Waals surface area (Å²) in [6, 6.07) is 13.5. The molecule has 0 aromatic heterocycles. The quantitative estimate of drug-likeness (QED) is 0.744. The van der Waals surface area contributed by atoms with E-state index >= 15 is 0 Å². The number of amides is 1. The zero-order valence-electron chi connectivity index (χ0n) is 17.0. The Morgan fingerprint density at radius 1 is 1.14 bits per heavy atom. The summed E-state index contributed by atoms with van der Waals surface area (Å²) in [6.07, 6.45) is 2.96. The lowest BCUT2D eigenvalue weighted by Gasteiger charge is -2.40. The fourth-order valence-electron chi connectivity index (χ4n) is 4.19. The molecule has 154 valence electrons. The standard InChI is InChI=1S/C23H27NO5/c1-23(13-17-8-9-20-21(12-17)29-16-28-20)10-5-11-24(15-23)22(25)14-27-19-7-4-3-6-18(19)26-2/h3-4,6-9,12H,5,10-11,13-16H2,1-2H3/t23-/m0/s1. The van der Waals surface area contributed by atoms with Crippen molar-refractivity contribution in [2.45, 2.75) is 26.2 Å². The van der Waals surface area contributed by atoms with E-state index in [4.69, 9.17) is 18.9 Å². The summed E-state index contributed by atoms with van der Waals surface area (Å²) < 4.78 is 21.9. The third kappa shape index (κ3) is 4.42. The summed E-state index contributed by atoms with van der Waals surface area (Å²) in [7, 11) is 1.59. The van der Waals surface area contributed by atoms with Crippen LogP contribution in [-0.4, -0.2) is 44.4 Å². The van der Waals surface area contributed by atoms with Crippen LogP contribution in [0.4, 0.5) is 0 Å². The van der Waals surface area contributed by atoms with Crippen LogP contribution in [0.25, 0.3) is 0 Å². The summed E-state index contributed by atoms with van der Waals surface area (Å²) in [5, 5.41) is 0. The zero-order valence-corrected chi connectivity index (χ0v) is 17.0. The maximum absolute atomic E-state index is 12.8. The second kappa shape index (κ2) is 8.23. The van der Waals surface area contributed by atoms with Gasteiger partial charge in [-0.05, 0) is 54.5 Å². The van der Waals surface area contributed by atoms with Crippen LogP contribution in [0, 0.1) is 5.41 Å². The van der Waals surface area contributed by atoms with Gasteiger partial charge in [0, 0.05) is 13.1 Å². The molecule has 29 heavy (non-hydrogen) atoms. The van der Waals surface area contributed by atoms with Gasteiger partial charge in [0.2, 0.25) is 6.79 Å². The second-order valence-electron chi connectivity index (χ2n) is 8.03. The molecule has 0 N–H and O–H groups in total. The number of hydrogen-bond donors (Lipinski definition) is 0. The number of benzene rings is 2. The van der Waals surface area contributed by atoms with Gasteiger partial charge in [0.05, 0.1) is 7.11 Å². The number of hydrogen-bond acceptors (Lipinski definition) is 5. The Morgan fingerprint density at radius 2 is 1.93 bits per heavy atom. The lowest BCUT2D eigenvalue weighted by atomic mass is 9.77. The molecule has 6 heteroatoms. The minimum Gasteiger partial charge on any atom is -0.493 e. The van der Waals surface area contributed by atoms with E-state index in [9.17, 15) is 4.79 Å². The third-order valence-electron chi connectivity index (χ3n) is 5.62. The lowest BCUT2D eigenvalue weighted by molar-refractivity contribution is -0.136. The van der Waals surface area contributed by atoms with Crippen molar-refractivity contribution in [3.05, 3.63) is 48.0 Å². The van der Waals surface area contributed by atoms with E-state index in [1.807, 2.05) is 35.2 Å². The highest BCUT2D eigenvalue weighted by Gasteiger charge is 2.33. The molecule has 2 aromatic carbocycles. The molecule has 2 aliphatic rings. The molecule has 1 saturated heterocycles. The number of rotatable bonds is 6. The van der Waals surface area contributed by atoms with E-state index in [1.165, 1.54) is 5.56 Å². The molecule has 2 heterocycles. The average Bonchev–Trinajstić information content (AvgIpc) is 3.19. The van der Waals surface area contributed by atoms with Crippen LogP contribution >= 0.6 is 0 Å². The minimum absolute atomic E-state index is 0.00696. The molecule has 2 aliphatic heterocycles. The van der Waals surface area contributed by atoms with Crippen molar-refractivity contribution in [1.29, 1.82) is 0 Å². The second-order valence-corrected chi connectivity index (χ2v) is 8.03. The van der Waals surface area contributed by atoms with Crippen LogP contribution in [0.1, 0.15) is 25.3 Å². The Balaban J connectivity index is 1.37. The zero-order chi connectivity index (χ0) is 20.3. The first-order valence-electron chi connectivity index (χ1n) is 9.98. The summed E-state index contributed by atoms with van der Waals surface area (Å²) >= 11 is 0. The van der Waals surface area contributed by atoms with E-state index in [2.05, 4.69) is 19.1 Å². The van der Waals surface area contributed by atoms with Crippen molar-refractivity contribution in [2.24, 2.45) is 5.41 Å². The number of carbonyl (C=O) groups excluding carboxylic acids is 1. The number of likely N-dealkylation sites (tertiary alicyclic amines) is 1. The van der Waals surface area contributed by atoms with E-state index < -0.39 is 0 Å². The van der Waals surface area contributed by atoms with Crippen molar-refractivity contribution in [2.75, 3.05) is 33.6 Å². The Kier molecular flexibility index (Phi) is 5.51. The Hall–Kier alpha value is -2.89. The van der Waals surface area contributed by atoms with E-state index in [0.29, 0.717) is 11.5 Å². The number of ether oxygens (including phenoxy) is 4. The molecule has 0 saturated carbocycles. The first kappa shape index (κ1) is 19.4. The number of para-hydroxylation sites is 2. The van der Waals surface area contributed by atoms with Crippen molar-refractivity contribution >= 4 is 5.91 Å². The highest BCUT2D eigenvalue weighted by atomic mass is 16.7. The van der Waals surface area contributed by atoms with E-state index in [-0.39, 0.29) is 24.7 Å². The van der Waals surface area contributed by atoms with Gasteiger partial charge in [-0.1, -0.05) is 25.1 Å². The van der Waals surface area contributed by atoms with Crippen LogP contribution in [-0.2, 0) is 11.2 Å². The van der Waals surface area contributed by atoms with Gasteiger partial charge in [-0.2, -0.15) is 0 Å². The highest BCUT2D eigenvalue weighted by molar-refractivity contribution is 5.78. The number of methoxy groups -OCH3 is 1. The monoisotopic (exact) mass is 397 g/mol. The predicted molar refractivity (Wildman–Crippen MR) is 109 cm³/mol. The fourth-order valence-corrected chi connectivity index (χ4v) is 4.19. The van der Waals surface area contributed by atoms with Crippen LogP contribution in [0.2, 0.25) is 0 Å². The molecule has 4 rings (SSSR count). The van der Waals surface area contributed by atoms with Gasteiger partial charge in [-0.15, -0.1) is 0 Å². The molecule has 0 unspecified atom stereocenters. The van der Waals surface area contributed by atoms with Crippen LogP contribution in [0.3, 0.4) is 0 Å². The van der Waals surface area contributed by atoms with Crippen LogP contribution in [0.15, 0.2) is 42.5 Å². The van der Waals surface area contributed by atoms with Crippen LogP contribution < -0.4 is 18.9 Å². The maximum atomic E-state index is 12.8. The summed E-state index contributed by atoms with van der Waals surface area (Å²) in [4.78, 5) is 14.7. The molecule has 6 nitrogen and oxygen atoms in total. The van der Waals surface area contributed by atoms with Crippen molar-refractivity contribution in [3.8, 4) is 23.0 Å². The molecule has 0 radical (unpaired) electrons. The molecular weight excluding hydrogens is 370 g/mol. The maximum Gasteiger partial charge on any atom is 0.260 e. The topological polar surface area (TPSA) is 57.2 Å². The van der Waals surface area contributed by atoms with Gasteiger partial charge in [-0.25, -0.2) is 0 Å². The van der Waals surface area contributed by atoms with Gasteiger partial charge in [0.15, 0.2) is 29.6 Å². The summed E-state index contributed by atoms with van der Waals surface area (Å²) in [5.41, 5.74) is 1.22. The summed E-state index contributed by atoms with van der Waals surface area (Å²) in [5.74, 6) is 2.83. The average molecular weight is 397 g/mol. The van der Waals surface area contributed by atoms with Crippen molar-refractivity contribution < 1.29 is 23.7 Å². The Labute approximate surface area is 171 Å². The van der Waals surface area contributed by atoms with E-state index in [0.717, 1.165) is 43.9 Å². The smallest absolute Gasteiger partial charge is 0.260 e. The fraction of sp³-hybridized carbons (Fsp3) is 0.435. The van der Waals surface area contributed by atoms with Gasteiger partial charge >= 0.3 is 0 Å². The highest BCUT2D eigenvalue weighted by Crippen LogP contribution is 2.37. The van der Waals surface area contributed by atoms with Crippen LogP contribution in [0.5, 0.6) is 23.0 Å². The van der Waals surface area contributed by atoms with Gasteiger partial charge < -0.3 is 23.8 Å². The lowest BCUT2D eigenvalue weighted by Crippen LogP contribution is -2.47. The molecule has 0 aliphatic carbocycles. The molecule has 1 amide bonds. The SMILES string of the molecule is COc1ccccc1OCC(=O)N1CCC[C@@](C)(Cc2ccc3c(c2)OCO3)C1. The molecule has 0 spiro atoms. The first-order chi connectivity index (χ1) is 14.1. The summed E-state index contributed by atoms with van der Waals surface area (Å²) in [6.45, 7) is 4.03. The van der Waals surface area contributed by atoms with Crippen molar-refractivity contribution in [1.82, 2.24) is 4.90 Å². The molecule has 1 fully saturated rings. The normalized spacial score (nSPS) is 20.4. The predicted octanol–water partition coefficient (Wildman–Crippen LogP) is 3.67. The van der Waals surface area contributed by atoms with E-state index in [1.54, 1.807) is 7.11 Å². The number of nitrogens with zero attached hydrogens (tertiary/aromatic N) is 1. The largest absolute Gasteiger partial charge is 0.493 e. The minimum atomic E-state index is 0.00696. The number of fused-ring (bicyclic) bond motifs is 1. The number of carbonyl (C=O) groups is 1. The Morgan fingerprint density at radius 3 is 2.76 bits per heavy atom. The molecule has 0 bridgehead atoms. The first-order valence-corrected chi connectivity index (χ1v) is 9.98. The molecule has 1 atom stereocenters. The molecule has 2 aromatic rings. The van der Waals surface area contributed by atoms with Gasteiger partial charge in [0.1, 0.15) is 0 Å².